The molecule has 0 aliphatic rings. The second-order valence-electron chi connectivity index (χ2n) is 10.3. The van der Waals surface area contributed by atoms with Crippen molar-refractivity contribution < 1.29 is 28.2 Å². The summed E-state index contributed by atoms with van der Waals surface area (Å²) in [6, 6.07) is 3.90. The molecule has 0 bridgehead atoms. The number of halogens is 1. The van der Waals surface area contributed by atoms with Crippen LogP contribution >= 0.6 is 11.3 Å². The standard InChI is InChI=1S/C29H34FN5O7S/c1-6-7-14-42-27(38)29(3,4)34-24(37)23-18(2)25(35-31-11-12-32-35)43-26(23)33(28(34)39)17-22(41-15-8-13-36)20-16-19(30)9-10-21(20)40-5/h9-13,16,22H,6-8,14-15,17H2,1-5H3/t22-/m0/s1. The molecule has 14 heteroatoms. The van der Waals surface area contributed by atoms with Crippen molar-refractivity contribution in [1.82, 2.24) is 24.1 Å². The molecule has 0 unspecified atom stereocenters. The summed E-state index contributed by atoms with van der Waals surface area (Å²) in [6.07, 6.45) is 4.14. The number of esters is 1. The third-order valence-corrected chi connectivity index (χ3v) is 8.30. The van der Waals surface area contributed by atoms with Gasteiger partial charge in [0.15, 0.2) is 0 Å². The molecule has 3 aromatic heterocycles. The van der Waals surface area contributed by atoms with E-state index in [9.17, 15) is 23.6 Å². The molecule has 4 aromatic rings. The zero-order valence-corrected chi connectivity index (χ0v) is 25.5. The van der Waals surface area contributed by atoms with Gasteiger partial charge in [0.1, 0.15) is 39.3 Å². The van der Waals surface area contributed by atoms with Crippen LogP contribution in [0.2, 0.25) is 0 Å². The maximum Gasteiger partial charge on any atom is 0.333 e. The third-order valence-electron chi connectivity index (χ3n) is 7.02. The number of thiophene rings is 1. The van der Waals surface area contributed by atoms with Gasteiger partial charge in [-0.1, -0.05) is 24.7 Å². The van der Waals surface area contributed by atoms with Gasteiger partial charge >= 0.3 is 11.7 Å². The average molecular weight is 616 g/mol. The highest BCUT2D eigenvalue weighted by Crippen LogP contribution is 2.34. The summed E-state index contributed by atoms with van der Waals surface area (Å²) in [7, 11) is 1.42. The van der Waals surface area contributed by atoms with E-state index >= 15 is 0 Å². The highest BCUT2D eigenvalue weighted by Gasteiger charge is 2.37. The normalized spacial score (nSPS) is 12.4. The van der Waals surface area contributed by atoms with E-state index in [4.69, 9.17) is 14.2 Å². The summed E-state index contributed by atoms with van der Waals surface area (Å²) in [5, 5.41) is 9.05. The number of hydrogen-bond acceptors (Lipinski definition) is 10. The van der Waals surface area contributed by atoms with E-state index in [0.29, 0.717) is 34.6 Å². The van der Waals surface area contributed by atoms with Gasteiger partial charge in [-0.3, -0.25) is 9.36 Å². The number of carbonyl (C=O) groups is 2. The molecule has 0 spiro atoms. The van der Waals surface area contributed by atoms with Crippen molar-refractivity contribution in [2.75, 3.05) is 20.3 Å². The van der Waals surface area contributed by atoms with Gasteiger partial charge in [-0.25, -0.2) is 18.5 Å². The Morgan fingerprint density at radius 1 is 1.19 bits per heavy atom. The lowest BCUT2D eigenvalue weighted by molar-refractivity contribution is -0.153. The number of benzene rings is 1. The predicted molar refractivity (Wildman–Crippen MR) is 158 cm³/mol. The van der Waals surface area contributed by atoms with Gasteiger partial charge in [0, 0.05) is 17.5 Å². The molecule has 230 valence electrons. The summed E-state index contributed by atoms with van der Waals surface area (Å²) in [6.45, 7) is 6.47. The Bertz CT molecular complexity index is 1730. The Hall–Kier alpha value is -4.17. The van der Waals surface area contributed by atoms with Crippen molar-refractivity contribution in [3.8, 4) is 10.8 Å². The molecule has 12 nitrogen and oxygen atoms in total. The molecule has 0 fully saturated rings. The number of aromatic nitrogens is 5. The Kier molecular flexibility index (Phi) is 9.91. The monoisotopic (exact) mass is 615 g/mol. The molecule has 1 aromatic carbocycles. The van der Waals surface area contributed by atoms with E-state index < -0.39 is 34.7 Å². The summed E-state index contributed by atoms with van der Waals surface area (Å²) >= 11 is 1.11. The van der Waals surface area contributed by atoms with Gasteiger partial charge in [0.25, 0.3) is 5.56 Å². The van der Waals surface area contributed by atoms with Crippen LogP contribution in [0.5, 0.6) is 5.75 Å². The third kappa shape index (κ3) is 6.30. The minimum atomic E-state index is -1.68. The van der Waals surface area contributed by atoms with Crippen LogP contribution in [0.15, 0.2) is 40.2 Å². The van der Waals surface area contributed by atoms with Gasteiger partial charge < -0.3 is 19.0 Å². The highest BCUT2D eigenvalue weighted by atomic mass is 32.1. The quantitative estimate of drug-likeness (QED) is 0.118. The minimum Gasteiger partial charge on any atom is -0.496 e. The fraction of sp³-hybridized carbons (Fsp3) is 0.448. The number of rotatable bonds is 14. The largest absolute Gasteiger partial charge is 0.496 e. The molecule has 0 aliphatic carbocycles. The lowest BCUT2D eigenvalue weighted by Gasteiger charge is -2.27. The van der Waals surface area contributed by atoms with Gasteiger partial charge in [0.05, 0.1) is 44.6 Å². The Balaban J connectivity index is 1.99. The predicted octanol–water partition coefficient (Wildman–Crippen LogP) is 3.69. The number of nitrogens with zero attached hydrogens (tertiary/aromatic N) is 5. The topological polar surface area (TPSA) is 137 Å². The lowest BCUT2D eigenvalue weighted by Crippen LogP contribution is -2.53. The van der Waals surface area contributed by atoms with Crippen LogP contribution in [-0.4, -0.2) is 56.7 Å². The Labute approximate surface area is 250 Å². The molecule has 4 rings (SSSR count). The SMILES string of the molecule is CCCCOC(=O)C(C)(C)n1c(=O)c2c(C)c(-n3nccn3)sc2n(C[C@H](OCCC=O)c2cc(F)ccc2OC)c1=O. The zero-order chi connectivity index (χ0) is 31.3. The van der Waals surface area contributed by atoms with E-state index in [-0.39, 0.29) is 36.4 Å². The summed E-state index contributed by atoms with van der Waals surface area (Å²) in [5.74, 6) is -0.991. The number of unbranched alkanes of at least 4 members (excludes halogenated alkanes) is 1. The molecule has 1 atom stereocenters. The lowest BCUT2D eigenvalue weighted by atomic mass is 10.0. The van der Waals surface area contributed by atoms with Crippen LogP contribution in [0.25, 0.3) is 15.2 Å². The minimum absolute atomic E-state index is 0.0213. The van der Waals surface area contributed by atoms with E-state index in [2.05, 4.69) is 10.2 Å². The number of fused-ring (bicyclic) bond motifs is 1. The number of aryl methyl sites for hydroxylation is 1. The maximum atomic E-state index is 14.5. The molecule has 43 heavy (non-hydrogen) atoms. The molecule has 0 N–H and O–H groups in total. The van der Waals surface area contributed by atoms with Crippen LogP contribution in [0.1, 0.15) is 57.3 Å². The van der Waals surface area contributed by atoms with Crippen LogP contribution < -0.4 is 16.0 Å². The maximum absolute atomic E-state index is 14.5. The summed E-state index contributed by atoms with van der Waals surface area (Å²) in [4.78, 5) is 54.3. The number of carbonyl (C=O) groups excluding carboxylic acids is 2. The van der Waals surface area contributed by atoms with Gasteiger partial charge in [-0.2, -0.15) is 10.2 Å². The van der Waals surface area contributed by atoms with Crippen molar-refractivity contribution >= 4 is 33.8 Å². The second kappa shape index (κ2) is 13.4. The van der Waals surface area contributed by atoms with Gasteiger partial charge in [-0.05, 0) is 45.4 Å². The first-order chi connectivity index (χ1) is 20.6. The first-order valence-electron chi connectivity index (χ1n) is 13.8. The highest BCUT2D eigenvalue weighted by molar-refractivity contribution is 7.21. The summed E-state index contributed by atoms with van der Waals surface area (Å²) < 4.78 is 33.6. The van der Waals surface area contributed by atoms with Gasteiger partial charge in [-0.15, -0.1) is 4.80 Å². The van der Waals surface area contributed by atoms with Crippen LogP contribution in [0.4, 0.5) is 4.39 Å². The molecule has 0 amide bonds. The molecule has 0 radical (unpaired) electrons. The molecular formula is C29H34FN5O7S. The van der Waals surface area contributed by atoms with Crippen LogP contribution in [-0.2, 0) is 31.1 Å². The molecule has 0 saturated heterocycles. The number of hydrogen-bond donors (Lipinski definition) is 0. The van der Waals surface area contributed by atoms with Crippen molar-refractivity contribution in [2.45, 2.75) is 65.1 Å². The van der Waals surface area contributed by atoms with Crippen LogP contribution in [0, 0.1) is 12.7 Å². The van der Waals surface area contributed by atoms with E-state index in [1.54, 1.807) is 6.92 Å². The van der Waals surface area contributed by atoms with Crippen molar-refractivity contribution in [3.63, 3.8) is 0 Å². The summed E-state index contributed by atoms with van der Waals surface area (Å²) in [5.41, 5.74) is -2.36. The second-order valence-corrected chi connectivity index (χ2v) is 11.3. The Morgan fingerprint density at radius 3 is 2.56 bits per heavy atom. The number of ether oxygens (including phenoxy) is 3. The fourth-order valence-electron chi connectivity index (χ4n) is 4.70. The van der Waals surface area contributed by atoms with E-state index in [0.717, 1.165) is 22.3 Å². The van der Waals surface area contributed by atoms with E-state index in [1.165, 1.54) is 60.9 Å². The van der Waals surface area contributed by atoms with Crippen molar-refractivity contribution in [2.24, 2.45) is 0 Å². The number of methoxy groups -OCH3 is 1. The average Bonchev–Trinajstić information content (AvgIpc) is 3.62. The van der Waals surface area contributed by atoms with Crippen LogP contribution in [0.3, 0.4) is 0 Å². The molecule has 3 heterocycles. The van der Waals surface area contributed by atoms with E-state index in [1.807, 2.05) is 6.92 Å². The molecule has 0 saturated carbocycles. The smallest absolute Gasteiger partial charge is 0.333 e. The first-order valence-corrected chi connectivity index (χ1v) is 14.6. The van der Waals surface area contributed by atoms with Crippen molar-refractivity contribution in [3.05, 3.63) is 68.4 Å². The number of aldehydes is 1. The first kappa shape index (κ1) is 31.8. The zero-order valence-electron chi connectivity index (χ0n) is 24.7. The molecular weight excluding hydrogens is 581 g/mol. The van der Waals surface area contributed by atoms with Gasteiger partial charge in [0.2, 0.25) is 0 Å². The molecule has 0 aliphatic heterocycles. The Morgan fingerprint density at radius 2 is 1.91 bits per heavy atom. The van der Waals surface area contributed by atoms with Crippen molar-refractivity contribution in [1.29, 1.82) is 0 Å². The fourth-order valence-corrected chi connectivity index (χ4v) is 5.92.